The molecule has 1 aromatic rings. The van der Waals surface area contributed by atoms with Gasteiger partial charge in [0.25, 0.3) is 0 Å². The summed E-state index contributed by atoms with van der Waals surface area (Å²) in [4.78, 5) is 11.8. The van der Waals surface area contributed by atoms with Gasteiger partial charge in [-0.1, -0.05) is 20.8 Å². The van der Waals surface area contributed by atoms with Gasteiger partial charge in [-0.15, -0.1) is 0 Å². The number of methoxy groups -OCH3 is 2. The molecule has 1 rings (SSSR count). The second-order valence-electron chi connectivity index (χ2n) is 5.21. The smallest absolute Gasteiger partial charge is 0.164 e. The highest BCUT2D eigenvalue weighted by Gasteiger charge is 2.20. The van der Waals surface area contributed by atoms with E-state index in [9.17, 15) is 9.90 Å². The predicted molar refractivity (Wildman–Crippen MR) is 74.6 cm³/mol. The Labute approximate surface area is 113 Å². The number of carbonyl (C=O) groups is 1. The number of ether oxygens (including phenoxy) is 2. The summed E-state index contributed by atoms with van der Waals surface area (Å²) in [7, 11) is 3.05. The fraction of sp³-hybridized carbons (Fsp3) is 0.400. The Bertz CT molecular complexity index is 495. The first-order valence-corrected chi connectivity index (χ1v) is 5.97. The molecule has 0 aliphatic heterocycles. The van der Waals surface area contributed by atoms with Crippen LogP contribution in [0.1, 0.15) is 26.3 Å². The molecule has 0 saturated carbocycles. The number of rotatable bonds is 4. The van der Waals surface area contributed by atoms with Crippen LogP contribution in [-0.2, 0) is 4.79 Å². The Kier molecular flexibility index (Phi) is 4.59. The highest BCUT2D eigenvalue weighted by molar-refractivity contribution is 5.98. The molecule has 0 unspecified atom stereocenters. The van der Waals surface area contributed by atoms with Crippen molar-refractivity contribution in [3.8, 4) is 11.5 Å². The van der Waals surface area contributed by atoms with Crippen molar-refractivity contribution >= 4 is 11.5 Å². The highest BCUT2D eigenvalue weighted by Crippen LogP contribution is 2.30. The first-order valence-electron chi connectivity index (χ1n) is 5.97. The van der Waals surface area contributed by atoms with Crippen molar-refractivity contribution in [2.24, 2.45) is 5.41 Å². The quantitative estimate of drug-likeness (QED) is 0.670. The van der Waals surface area contributed by atoms with E-state index < -0.39 is 5.41 Å². The lowest BCUT2D eigenvalue weighted by molar-refractivity contribution is -0.121. The molecule has 1 N–H and O–H groups in total. The lowest BCUT2D eigenvalue weighted by Crippen LogP contribution is -2.17. The number of carbonyl (C=O) groups excluding carboxylic acids is 1. The fourth-order valence-electron chi connectivity index (χ4n) is 1.42. The van der Waals surface area contributed by atoms with Crippen LogP contribution in [-0.4, -0.2) is 25.1 Å². The molecule has 1 aromatic carbocycles. The largest absolute Gasteiger partial charge is 0.507 e. The zero-order valence-corrected chi connectivity index (χ0v) is 12.0. The van der Waals surface area contributed by atoms with Crippen LogP contribution in [0.25, 0.3) is 5.76 Å². The van der Waals surface area contributed by atoms with Crippen LogP contribution in [0.15, 0.2) is 24.3 Å². The normalized spacial score (nSPS) is 12.2. The van der Waals surface area contributed by atoms with Crippen molar-refractivity contribution in [1.82, 2.24) is 0 Å². The zero-order valence-electron chi connectivity index (χ0n) is 12.0. The van der Waals surface area contributed by atoms with Gasteiger partial charge in [0.05, 0.1) is 14.2 Å². The van der Waals surface area contributed by atoms with Gasteiger partial charge >= 0.3 is 0 Å². The maximum absolute atomic E-state index is 11.8. The SMILES string of the molecule is COc1ccc(/C(O)=C/C(=O)C(C)(C)C)cc1OC. The number of ketones is 1. The van der Waals surface area contributed by atoms with Gasteiger partial charge < -0.3 is 14.6 Å². The summed E-state index contributed by atoms with van der Waals surface area (Å²) in [5, 5.41) is 9.98. The van der Waals surface area contributed by atoms with Crippen molar-refractivity contribution in [3.05, 3.63) is 29.8 Å². The van der Waals surface area contributed by atoms with Gasteiger partial charge in [0.15, 0.2) is 17.3 Å². The number of aliphatic hydroxyl groups excluding tert-OH is 1. The van der Waals surface area contributed by atoms with Crippen LogP contribution < -0.4 is 9.47 Å². The molecule has 4 heteroatoms. The molecule has 0 bridgehead atoms. The summed E-state index contributed by atoms with van der Waals surface area (Å²) in [5.41, 5.74) is -0.0138. The van der Waals surface area contributed by atoms with Gasteiger partial charge in [0, 0.05) is 17.1 Å². The van der Waals surface area contributed by atoms with E-state index in [2.05, 4.69) is 0 Å². The molecule has 0 aliphatic rings. The first kappa shape index (κ1) is 15.1. The summed E-state index contributed by atoms with van der Waals surface area (Å²) in [5.74, 6) is 0.852. The Hall–Kier alpha value is -1.97. The van der Waals surface area contributed by atoms with Crippen molar-refractivity contribution in [2.75, 3.05) is 14.2 Å². The maximum atomic E-state index is 11.8. The molecule has 0 atom stereocenters. The first-order chi connectivity index (χ1) is 8.79. The Morgan fingerprint density at radius 3 is 2.21 bits per heavy atom. The predicted octanol–water partition coefficient (Wildman–Crippen LogP) is 3.22. The van der Waals surface area contributed by atoms with Crippen molar-refractivity contribution in [1.29, 1.82) is 0 Å². The summed E-state index contributed by atoms with van der Waals surface area (Å²) in [6.45, 7) is 5.40. The van der Waals surface area contributed by atoms with E-state index in [1.807, 2.05) is 0 Å². The van der Waals surface area contributed by atoms with Crippen LogP contribution in [0.2, 0.25) is 0 Å². The Morgan fingerprint density at radius 1 is 1.16 bits per heavy atom. The third kappa shape index (κ3) is 3.74. The van der Waals surface area contributed by atoms with Crippen LogP contribution in [0.5, 0.6) is 11.5 Å². The standard InChI is InChI=1S/C15H20O4/c1-15(2,3)14(17)9-11(16)10-6-7-12(18-4)13(8-10)19-5/h6-9,16H,1-5H3/b11-9-. The van der Waals surface area contributed by atoms with Gasteiger partial charge in [0.1, 0.15) is 5.76 Å². The van der Waals surface area contributed by atoms with Crippen molar-refractivity contribution < 1.29 is 19.4 Å². The summed E-state index contributed by atoms with van der Waals surface area (Å²) >= 11 is 0. The van der Waals surface area contributed by atoms with Crippen LogP contribution in [0, 0.1) is 5.41 Å². The van der Waals surface area contributed by atoms with E-state index in [1.165, 1.54) is 20.3 Å². The monoisotopic (exact) mass is 264 g/mol. The minimum atomic E-state index is -0.523. The maximum Gasteiger partial charge on any atom is 0.164 e. The molecule has 104 valence electrons. The second-order valence-corrected chi connectivity index (χ2v) is 5.21. The Balaban J connectivity index is 3.10. The van der Waals surface area contributed by atoms with Gasteiger partial charge in [-0.2, -0.15) is 0 Å². The minimum Gasteiger partial charge on any atom is -0.507 e. The third-order valence-electron chi connectivity index (χ3n) is 2.69. The molecular weight excluding hydrogens is 244 g/mol. The van der Waals surface area contributed by atoms with Gasteiger partial charge in [-0.25, -0.2) is 0 Å². The van der Waals surface area contributed by atoms with Crippen LogP contribution in [0.3, 0.4) is 0 Å². The van der Waals surface area contributed by atoms with Gasteiger partial charge in [0.2, 0.25) is 0 Å². The molecule has 0 heterocycles. The van der Waals surface area contributed by atoms with E-state index in [4.69, 9.17) is 9.47 Å². The molecule has 0 spiro atoms. The van der Waals surface area contributed by atoms with Crippen LogP contribution >= 0.6 is 0 Å². The molecule has 0 aromatic heterocycles. The third-order valence-corrected chi connectivity index (χ3v) is 2.69. The van der Waals surface area contributed by atoms with E-state index in [1.54, 1.807) is 39.0 Å². The number of hydrogen-bond donors (Lipinski definition) is 1. The highest BCUT2D eigenvalue weighted by atomic mass is 16.5. The molecular formula is C15H20O4. The summed E-state index contributed by atoms with van der Waals surface area (Å²) < 4.78 is 10.3. The van der Waals surface area contributed by atoms with E-state index >= 15 is 0 Å². The molecule has 0 amide bonds. The molecule has 19 heavy (non-hydrogen) atoms. The van der Waals surface area contributed by atoms with E-state index in [-0.39, 0.29) is 11.5 Å². The average molecular weight is 264 g/mol. The van der Waals surface area contributed by atoms with Gasteiger partial charge in [-0.05, 0) is 18.2 Å². The Morgan fingerprint density at radius 2 is 1.74 bits per heavy atom. The fourth-order valence-corrected chi connectivity index (χ4v) is 1.42. The second kappa shape index (κ2) is 5.78. The van der Waals surface area contributed by atoms with E-state index in [0.29, 0.717) is 17.1 Å². The van der Waals surface area contributed by atoms with Crippen molar-refractivity contribution in [3.63, 3.8) is 0 Å². The van der Waals surface area contributed by atoms with Crippen LogP contribution in [0.4, 0.5) is 0 Å². The average Bonchev–Trinajstić information content (AvgIpc) is 2.36. The minimum absolute atomic E-state index is 0.0825. The number of allylic oxidation sites excluding steroid dienone is 1. The molecule has 4 nitrogen and oxygen atoms in total. The summed E-state index contributed by atoms with van der Waals surface area (Å²) in [6.07, 6.45) is 1.24. The van der Waals surface area contributed by atoms with Crippen molar-refractivity contribution in [2.45, 2.75) is 20.8 Å². The molecule has 0 aliphatic carbocycles. The number of aliphatic hydroxyl groups is 1. The van der Waals surface area contributed by atoms with Gasteiger partial charge in [-0.3, -0.25) is 4.79 Å². The molecule has 0 saturated heterocycles. The number of hydrogen-bond acceptors (Lipinski definition) is 4. The lowest BCUT2D eigenvalue weighted by Gasteiger charge is -2.14. The number of benzene rings is 1. The topological polar surface area (TPSA) is 55.8 Å². The molecule has 0 fully saturated rings. The zero-order chi connectivity index (χ0) is 14.6. The summed E-state index contributed by atoms with van der Waals surface area (Å²) in [6, 6.07) is 4.98. The van der Waals surface area contributed by atoms with E-state index in [0.717, 1.165) is 0 Å². The lowest BCUT2D eigenvalue weighted by atomic mass is 9.90. The molecule has 0 radical (unpaired) electrons.